The van der Waals surface area contributed by atoms with Gasteiger partial charge < -0.3 is 14.4 Å². The van der Waals surface area contributed by atoms with Crippen LogP contribution in [0.2, 0.25) is 0 Å². The minimum absolute atomic E-state index is 0.554. The second kappa shape index (κ2) is 8.88. The monoisotopic (exact) mass is 486 g/mol. The van der Waals surface area contributed by atoms with Crippen LogP contribution in [0.3, 0.4) is 0 Å². The SMILES string of the molecule is COc1cc2nc(C)n3c(CN4CCN(c5cccc(C(F)(F)F)c5)CC4)nnc3c2cc1OC. The van der Waals surface area contributed by atoms with Gasteiger partial charge in [-0.25, -0.2) is 4.98 Å². The molecule has 0 saturated carbocycles. The van der Waals surface area contributed by atoms with Gasteiger partial charge in [-0.2, -0.15) is 13.2 Å². The van der Waals surface area contributed by atoms with E-state index >= 15 is 0 Å². The molecule has 0 atom stereocenters. The molecular weight excluding hydrogens is 461 g/mol. The van der Waals surface area contributed by atoms with E-state index in [4.69, 9.17) is 14.5 Å². The maximum absolute atomic E-state index is 13.1. The first kappa shape index (κ1) is 23.2. The number of piperazine rings is 1. The molecule has 1 aliphatic rings. The molecule has 4 aromatic rings. The van der Waals surface area contributed by atoms with Crippen molar-refractivity contribution < 1.29 is 22.6 Å². The van der Waals surface area contributed by atoms with Crippen LogP contribution in [0, 0.1) is 6.92 Å². The van der Waals surface area contributed by atoms with Crippen molar-refractivity contribution in [3.8, 4) is 11.5 Å². The van der Waals surface area contributed by atoms with Crippen LogP contribution in [-0.2, 0) is 12.7 Å². The zero-order chi connectivity index (χ0) is 24.7. The molecule has 0 amide bonds. The van der Waals surface area contributed by atoms with Gasteiger partial charge in [-0.05, 0) is 31.2 Å². The Kier molecular flexibility index (Phi) is 5.87. The van der Waals surface area contributed by atoms with Crippen molar-refractivity contribution >= 4 is 22.2 Å². The van der Waals surface area contributed by atoms with Crippen molar-refractivity contribution in [1.29, 1.82) is 0 Å². The highest BCUT2D eigenvalue weighted by molar-refractivity contribution is 5.93. The van der Waals surface area contributed by atoms with Crippen LogP contribution in [0.25, 0.3) is 16.6 Å². The number of nitrogens with zero attached hydrogens (tertiary/aromatic N) is 6. The predicted octanol–water partition coefficient (Wildman–Crippen LogP) is 3.94. The van der Waals surface area contributed by atoms with Crippen LogP contribution < -0.4 is 14.4 Å². The Morgan fingerprint density at radius 1 is 0.943 bits per heavy atom. The number of alkyl halides is 3. The van der Waals surface area contributed by atoms with Gasteiger partial charge in [-0.1, -0.05) is 6.07 Å². The van der Waals surface area contributed by atoms with Crippen molar-refractivity contribution in [3.63, 3.8) is 0 Å². The first-order valence-electron chi connectivity index (χ1n) is 11.2. The van der Waals surface area contributed by atoms with E-state index in [1.54, 1.807) is 20.3 Å². The van der Waals surface area contributed by atoms with Crippen molar-refractivity contribution in [2.24, 2.45) is 0 Å². The van der Waals surface area contributed by atoms with E-state index in [0.29, 0.717) is 55.6 Å². The first-order valence-corrected chi connectivity index (χ1v) is 11.2. The topological polar surface area (TPSA) is 68.0 Å². The Hall–Kier alpha value is -3.60. The molecular formula is C24H25F3N6O2. The van der Waals surface area contributed by atoms with E-state index in [0.717, 1.165) is 28.6 Å². The van der Waals surface area contributed by atoms with Gasteiger partial charge in [-0.3, -0.25) is 9.30 Å². The summed E-state index contributed by atoms with van der Waals surface area (Å²) in [5.74, 6) is 2.69. The summed E-state index contributed by atoms with van der Waals surface area (Å²) in [7, 11) is 3.16. The van der Waals surface area contributed by atoms with E-state index < -0.39 is 11.7 Å². The third-order valence-electron chi connectivity index (χ3n) is 6.35. The molecule has 3 heterocycles. The Balaban J connectivity index is 1.36. The zero-order valence-electron chi connectivity index (χ0n) is 19.6. The standard InChI is InChI=1S/C24H25F3N6O2/c1-15-28-19-13-21(35-3)20(34-2)12-18(19)23-30-29-22(33(15)23)14-31-7-9-32(10-8-31)17-6-4-5-16(11-17)24(25,26)27/h4-6,11-13H,7-10,14H2,1-3H3. The number of hydrogen-bond acceptors (Lipinski definition) is 7. The lowest BCUT2D eigenvalue weighted by atomic mass is 10.1. The summed E-state index contributed by atoms with van der Waals surface area (Å²) in [6.07, 6.45) is -4.35. The fourth-order valence-corrected chi connectivity index (χ4v) is 4.54. The molecule has 5 rings (SSSR count). The van der Waals surface area contributed by atoms with Crippen molar-refractivity contribution in [1.82, 2.24) is 24.5 Å². The zero-order valence-corrected chi connectivity index (χ0v) is 19.6. The molecule has 0 aliphatic carbocycles. The summed E-state index contributed by atoms with van der Waals surface area (Å²) >= 11 is 0. The van der Waals surface area contributed by atoms with E-state index in [-0.39, 0.29) is 0 Å². The lowest BCUT2D eigenvalue weighted by Gasteiger charge is -2.36. The first-order chi connectivity index (χ1) is 16.8. The van der Waals surface area contributed by atoms with E-state index in [1.165, 1.54) is 12.1 Å². The number of benzene rings is 2. The van der Waals surface area contributed by atoms with Crippen LogP contribution in [-0.4, -0.2) is 64.9 Å². The summed E-state index contributed by atoms with van der Waals surface area (Å²) in [6.45, 7) is 5.08. The molecule has 1 aliphatic heterocycles. The molecule has 0 bridgehead atoms. The second-order valence-electron chi connectivity index (χ2n) is 8.47. The number of hydrogen-bond donors (Lipinski definition) is 0. The van der Waals surface area contributed by atoms with Gasteiger partial charge in [0.25, 0.3) is 0 Å². The molecule has 184 valence electrons. The van der Waals surface area contributed by atoms with Gasteiger partial charge in [0.1, 0.15) is 5.82 Å². The van der Waals surface area contributed by atoms with Gasteiger partial charge in [0.2, 0.25) is 0 Å². The van der Waals surface area contributed by atoms with Crippen molar-refractivity contribution in [2.75, 3.05) is 45.3 Å². The highest BCUT2D eigenvalue weighted by atomic mass is 19.4. The highest BCUT2D eigenvalue weighted by Gasteiger charge is 2.31. The van der Waals surface area contributed by atoms with Gasteiger partial charge in [0, 0.05) is 43.3 Å². The number of anilines is 1. The third-order valence-corrected chi connectivity index (χ3v) is 6.35. The minimum atomic E-state index is -4.35. The average Bonchev–Trinajstić information content (AvgIpc) is 3.28. The number of fused-ring (bicyclic) bond motifs is 3. The normalized spacial score (nSPS) is 15.2. The fraction of sp³-hybridized carbons (Fsp3) is 0.375. The van der Waals surface area contributed by atoms with Crippen LogP contribution in [0.5, 0.6) is 11.5 Å². The second-order valence-corrected chi connectivity index (χ2v) is 8.47. The summed E-state index contributed by atoms with van der Waals surface area (Å²) in [4.78, 5) is 8.92. The Morgan fingerprint density at radius 3 is 2.34 bits per heavy atom. The van der Waals surface area contributed by atoms with Crippen molar-refractivity contribution in [2.45, 2.75) is 19.6 Å². The van der Waals surface area contributed by atoms with Gasteiger partial charge >= 0.3 is 6.18 Å². The number of aryl methyl sites for hydroxylation is 1. The Morgan fingerprint density at radius 2 is 1.66 bits per heavy atom. The molecule has 8 nitrogen and oxygen atoms in total. The Labute approximate surface area is 199 Å². The molecule has 2 aromatic heterocycles. The van der Waals surface area contributed by atoms with E-state index in [1.807, 2.05) is 28.4 Å². The molecule has 2 aromatic carbocycles. The number of halogens is 3. The predicted molar refractivity (Wildman–Crippen MR) is 125 cm³/mol. The molecule has 35 heavy (non-hydrogen) atoms. The fourth-order valence-electron chi connectivity index (χ4n) is 4.54. The Bertz CT molecular complexity index is 1380. The maximum atomic E-state index is 13.1. The van der Waals surface area contributed by atoms with Crippen molar-refractivity contribution in [3.05, 3.63) is 53.6 Å². The summed E-state index contributed by atoms with van der Waals surface area (Å²) < 4.78 is 52.0. The summed E-state index contributed by atoms with van der Waals surface area (Å²) in [5.41, 5.74) is 1.38. The number of rotatable bonds is 5. The average molecular weight is 486 g/mol. The van der Waals surface area contributed by atoms with Gasteiger partial charge in [-0.15, -0.1) is 10.2 Å². The lowest BCUT2D eigenvalue weighted by molar-refractivity contribution is -0.137. The highest BCUT2D eigenvalue weighted by Crippen LogP contribution is 2.34. The molecule has 1 saturated heterocycles. The molecule has 0 unspecified atom stereocenters. The van der Waals surface area contributed by atoms with Crippen LogP contribution >= 0.6 is 0 Å². The van der Waals surface area contributed by atoms with Gasteiger partial charge in [0.15, 0.2) is 23.0 Å². The van der Waals surface area contributed by atoms with Gasteiger partial charge in [0.05, 0.1) is 31.8 Å². The largest absolute Gasteiger partial charge is 0.493 e. The smallest absolute Gasteiger partial charge is 0.416 e. The van der Waals surface area contributed by atoms with Crippen LogP contribution in [0.4, 0.5) is 18.9 Å². The molecule has 0 radical (unpaired) electrons. The lowest BCUT2D eigenvalue weighted by Crippen LogP contribution is -2.46. The van der Waals surface area contributed by atoms with Crippen LogP contribution in [0.15, 0.2) is 36.4 Å². The molecule has 1 fully saturated rings. The minimum Gasteiger partial charge on any atom is -0.493 e. The quantitative estimate of drug-likeness (QED) is 0.423. The third kappa shape index (κ3) is 4.31. The maximum Gasteiger partial charge on any atom is 0.416 e. The summed E-state index contributed by atoms with van der Waals surface area (Å²) in [5, 5.41) is 9.67. The molecule has 0 N–H and O–H groups in total. The molecule has 0 spiro atoms. The van der Waals surface area contributed by atoms with Crippen LogP contribution in [0.1, 0.15) is 17.2 Å². The molecule has 11 heteroatoms. The number of aromatic nitrogens is 4. The van der Waals surface area contributed by atoms with E-state index in [2.05, 4.69) is 15.1 Å². The summed E-state index contributed by atoms with van der Waals surface area (Å²) in [6, 6.07) is 9.16. The van der Waals surface area contributed by atoms with E-state index in [9.17, 15) is 13.2 Å². The number of ether oxygens (including phenoxy) is 2. The number of methoxy groups -OCH3 is 2.